The molecule has 2 aliphatic heterocycles. The summed E-state index contributed by atoms with van der Waals surface area (Å²) in [6, 6.07) is 15.6. The maximum Gasteiger partial charge on any atom is 0.181 e. The van der Waals surface area contributed by atoms with E-state index in [2.05, 4.69) is 28.0 Å². The van der Waals surface area contributed by atoms with Crippen LogP contribution in [0.2, 0.25) is 0 Å². The predicted molar refractivity (Wildman–Crippen MR) is 169 cm³/mol. The highest BCUT2D eigenvalue weighted by molar-refractivity contribution is 5.64. The Morgan fingerprint density at radius 2 is 1.31 bits per heavy atom. The quantitative estimate of drug-likeness (QED) is 0.108. The second-order valence-electron chi connectivity index (χ2n) is 11.1. The van der Waals surface area contributed by atoms with E-state index in [0.29, 0.717) is 26.4 Å². The first kappa shape index (κ1) is 33.5. The molecular weight excluding hydrogens is 568 g/mol. The van der Waals surface area contributed by atoms with Crippen LogP contribution in [0.3, 0.4) is 0 Å². The molecule has 10 heteroatoms. The van der Waals surface area contributed by atoms with Crippen molar-refractivity contribution in [3.05, 3.63) is 71.0 Å². The van der Waals surface area contributed by atoms with Crippen molar-refractivity contribution in [3.8, 4) is 24.3 Å². The second-order valence-corrected chi connectivity index (χ2v) is 11.1. The minimum atomic E-state index is -0.0685. The predicted octanol–water partition coefficient (Wildman–Crippen LogP) is 5.36. The van der Waals surface area contributed by atoms with E-state index < -0.39 is 0 Å². The summed E-state index contributed by atoms with van der Waals surface area (Å²) in [5, 5.41) is 36.2. The zero-order valence-electron chi connectivity index (χ0n) is 25.6. The first-order chi connectivity index (χ1) is 22.1. The molecule has 2 heterocycles. The summed E-state index contributed by atoms with van der Waals surface area (Å²) in [4.78, 5) is 4.67. The summed E-state index contributed by atoms with van der Waals surface area (Å²) in [7, 11) is 0. The van der Waals surface area contributed by atoms with Gasteiger partial charge < -0.3 is 28.7 Å². The number of epoxide rings is 2. The van der Waals surface area contributed by atoms with Crippen molar-refractivity contribution in [3.63, 3.8) is 0 Å². The Labute approximate surface area is 266 Å². The van der Waals surface area contributed by atoms with Crippen molar-refractivity contribution in [1.82, 2.24) is 4.90 Å². The molecule has 0 spiro atoms. The molecule has 1 aromatic carbocycles. The molecule has 0 amide bonds. The molecule has 0 bridgehead atoms. The van der Waals surface area contributed by atoms with Gasteiger partial charge in [-0.25, -0.2) is 0 Å². The van der Waals surface area contributed by atoms with Gasteiger partial charge in [0.05, 0.1) is 13.2 Å². The van der Waals surface area contributed by atoms with Gasteiger partial charge in [0.2, 0.25) is 0 Å². The summed E-state index contributed by atoms with van der Waals surface area (Å²) in [5.74, 6) is 0.0592. The lowest BCUT2D eigenvalue weighted by Crippen LogP contribution is -2.29. The van der Waals surface area contributed by atoms with Gasteiger partial charge in [0.1, 0.15) is 48.6 Å². The highest BCUT2D eigenvalue weighted by atomic mass is 16.8. The Morgan fingerprint density at radius 3 is 1.84 bits per heavy atom. The molecule has 0 aromatic heterocycles. The average molecular weight is 609 g/mol. The van der Waals surface area contributed by atoms with E-state index in [1.165, 1.54) is 0 Å². The van der Waals surface area contributed by atoms with Crippen LogP contribution in [0, 0.1) is 51.2 Å². The number of rotatable bonds is 20. The van der Waals surface area contributed by atoms with Gasteiger partial charge in [0.15, 0.2) is 12.6 Å². The van der Waals surface area contributed by atoms with Gasteiger partial charge in [-0.05, 0) is 55.2 Å². The lowest BCUT2D eigenvalue weighted by atomic mass is 9.96. The molecule has 1 aliphatic carbocycles. The molecule has 3 atom stereocenters. The van der Waals surface area contributed by atoms with Crippen LogP contribution in [0.5, 0.6) is 0 Å². The van der Waals surface area contributed by atoms with Crippen molar-refractivity contribution in [2.45, 2.75) is 51.1 Å². The third-order valence-electron chi connectivity index (χ3n) is 7.70. The minimum absolute atomic E-state index is 0.0592. The van der Waals surface area contributed by atoms with E-state index >= 15 is 0 Å². The van der Waals surface area contributed by atoms with Gasteiger partial charge in [0, 0.05) is 43.5 Å². The average Bonchev–Trinajstić information content (AvgIpc) is 4.01. The number of anilines is 1. The molecule has 2 fully saturated rings. The Morgan fingerprint density at radius 1 is 0.756 bits per heavy atom. The maximum absolute atomic E-state index is 9.06. The molecule has 4 rings (SSSR count). The Bertz CT molecular complexity index is 1370. The van der Waals surface area contributed by atoms with Crippen LogP contribution >= 0.6 is 0 Å². The van der Waals surface area contributed by atoms with Gasteiger partial charge in [-0.3, -0.25) is 0 Å². The molecule has 0 N–H and O–H groups in total. The first-order valence-electron chi connectivity index (χ1n) is 15.6. The SMILES string of the molecule is N#CC(C#N)=Cc1ccc(N(CCCCCCCN(CCOC2CO2)C2=CCC(C=C(C#N)C#N)C=C2)CCOC2CO2)cc1. The van der Waals surface area contributed by atoms with Crippen LogP contribution < -0.4 is 4.90 Å². The highest BCUT2D eigenvalue weighted by Crippen LogP contribution is 2.23. The molecule has 3 aliphatic rings. The fourth-order valence-corrected chi connectivity index (χ4v) is 5.07. The summed E-state index contributed by atoms with van der Waals surface area (Å²) >= 11 is 0. The van der Waals surface area contributed by atoms with Gasteiger partial charge in [0.25, 0.3) is 0 Å². The Balaban J connectivity index is 1.21. The van der Waals surface area contributed by atoms with Crippen molar-refractivity contribution in [2.75, 3.05) is 57.5 Å². The second kappa shape index (κ2) is 18.4. The number of benzene rings is 1. The largest absolute Gasteiger partial charge is 0.369 e. The van der Waals surface area contributed by atoms with Crippen molar-refractivity contribution in [2.24, 2.45) is 5.92 Å². The molecule has 234 valence electrons. The summed E-state index contributed by atoms with van der Waals surface area (Å²) < 4.78 is 21.8. The van der Waals surface area contributed by atoms with Gasteiger partial charge >= 0.3 is 0 Å². The van der Waals surface area contributed by atoms with Gasteiger partial charge in [-0.2, -0.15) is 21.0 Å². The summed E-state index contributed by atoms with van der Waals surface area (Å²) in [6.45, 7) is 5.91. The minimum Gasteiger partial charge on any atom is -0.369 e. The highest BCUT2D eigenvalue weighted by Gasteiger charge is 2.24. The van der Waals surface area contributed by atoms with Crippen molar-refractivity contribution >= 4 is 11.8 Å². The van der Waals surface area contributed by atoms with E-state index in [9.17, 15) is 0 Å². The maximum atomic E-state index is 9.06. The van der Waals surface area contributed by atoms with Crippen LogP contribution in [-0.4, -0.2) is 70.1 Å². The van der Waals surface area contributed by atoms with Crippen LogP contribution in [0.1, 0.15) is 44.1 Å². The lowest BCUT2D eigenvalue weighted by molar-refractivity contribution is 0.0404. The Hall–Kier alpha value is -4.42. The fourth-order valence-electron chi connectivity index (χ4n) is 5.07. The number of allylic oxidation sites excluding steroid dienone is 6. The number of unbranched alkanes of at least 4 members (excludes halogenated alkanes) is 4. The zero-order chi connectivity index (χ0) is 31.7. The zero-order valence-corrected chi connectivity index (χ0v) is 25.6. The van der Waals surface area contributed by atoms with E-state index in [4.69, 9.17) is 40.0 Å². The van der Waals surface area contributed by atoms with E-state index in [1.807, 2.05) is 48.5 Å². The third kappa shape index (κ3) is 12.2. The summed E-state index contributed by atoms with van der Waals surface area (Å²) in [6.07, 6.45) is 15.8. The summed E-state index contributed by atoms with van der Waals surface area (Å²) in [5.41, 5.74) is 3.30. The van der Waals surface area contributed by atoms with Gasteiger partial charge in [-0.15, -0.1) is 0 Å². The van der Waals surface area contributed by atoms with Crippen molar-refractivity contribution in [1.29, 1.82) is 21.0 Å². The van der Waals surface area contributed by atoms with Crippen LogP contribution in [0.4, 0.5) is 5.69 Å². The monoisotopic (exact) mass is 608 g/mol. The number of hydrogen-bond donors (Lipinski definition) is 0. The van der Waals surface area contributed by atoms with E-state index in [0.717, 1.165) is 81.7 Å². The standard InChI is InChI=1S/C35H40N6O4/c36-22-30(23-37)20-28-6-10-32(11-7-28)40(16-18-42-34-26-44-34)14-4-2-1-3-5-15-41(17-19-43-35-27-45-35)33-12-8-29(9-13-33)21-31(24-38)25-39/h6-8,10-13,20-21,29,34-35H,1-5,9,14-19,26-27H2. The fraction of sp³-hybridized carbons (Fsp3) is 0.486. The Kier molecular flexibility index (Phi) is 13.7. The molecule has 0 saturated carbocycles. The third-order valence-corrected chi connectivity index (χ3v) is 7.70. The molecular formula is C35H40N6O4. The smallest absolute Gasteiger partial charge is 0.181 e. The number of nitriles is 4. The first-order valence-corrected chi connectivity index (χ1v) is 15.6. The molecule has 1 aromatic rings. The van der Waals surface area contributed by atoms with Crippen LogP contribution in [-0.2, 0) is 18.9 Å². The molecule has 2 saturated heterocycles. The van der Waals surface area contributed by atoms with Crippen molar-refractivity contribution < 1.29 is 18.9 Å². The molecule has 45 heavy (non-hydrogen) atoms. The lowest BCUT2D eigenvalue weighted by Gasteiger charge is -2.28. The molecule has 0 radical (unpaired) electrons. The number of hydrogen-bond acceptors (Lipinski definition) is 10. The van der Waals surface area contributed by atoms with Crippen LogP contribution in [0.15, 0.2) is 65.4 Å². The number of nitrogens with zero attached hydrogens (tertiary/aromatic N) is 6. The molecule has 3 unspecified atom stereocenters. The molecule has 10 nitrogen and oxygen atoms in total. The van der Waals surface area contributed by atoms with E-state index in [1.54, 1.807) is 12.2 Å². The van der Waals surface area contributed by atoms with Gasteiger partial charge in [-0.1, -0.05) is 43.5 Å². The van der Waals surface area contributed by atoms with Crippen LogP contribution in [0.25, 0.3) is 6.08 Å². The topological polar surface area (TPSA) is 145 Å². The number of ether oxygens (including phenoxy) is 4. The van der Waals surface area contributed by atoms with E-state index in [-0.39, 0.29) is 29.6 Å². The normalized spacial score (nSPS) is 19.1.